The van der Waals surface area contributed by atoms with E-state index in [-0.39, 0.29) is 17.2 Å². The molecule has 0 radical (unpaired) electrons. The molecule has 2 nitrogen and oxygen atoms in total. The maximum Gasteiger partial charge on any atom is 0.153 e. The van der Waals surface area contributed by atoms with Crippen LogP contribution in [0.25, 0.3) is 0 Å². The van der Waals surface area contributed by atoms with E-state index in [2.05, 4.69) is 0 Å². The Morgan fingerprint density at radius 3 is 2.88 bits per heavy atom. The predicted molar refractivity (Wildman–Crippen MR) is 67.6 cm³/mol. The van der Waals surface area contributed by atoms with Gasteiger partial charge in [0, 0.05) is 6.42 Å². The number of carbonyl (C=O) groups excluding carboxylic acids is 1. The Labute approximate surface area is 106 Å². The van der Waals surface area contributed by atoms with Gasteiger partial charge in [-0.25, -0.2) is 4.39 Å². The minimum absolute atomic E-state index is 0.0172. The predicted octanol–water partition coefficient (Wildman–Crippen LogP) is 3.11. The third-order valence-corrected chi connectivity index (χ3v) is 3.10. The van der Waals surface area contributed by atoms with Crippen molar-refractivity contribution < 1.29 is 9.18 Å². The summed E-state index contributed by atoms with van der Waals surface area (Å²) in [5.41, 5.74) is 6.26. The summed E-state index contributed by atoms with van der Waals surface area (Å²) in [7, 11) is 0. The molecule has 94 valence electrons. The van der Waals surface area contributed by atoms with E-state index in [1.54, 1.807) is 12.1 Å². The fourth-order valence-corrected chi connectivity index (χ4v) is 1.78. The lowest BCUT2D eigenvalue weighted by Gasteiger charge is -2.10. The molecule has 0 bridgehead atoms. The first-order valence-corrected chi connectivity index (χ1v) is 6.15. The van der Waals surface area contributed by atoms with E-state index in [0.29, 0.717) is 12.0 Å². The van der Waals surface area contributed by atoms with Crippen molar-refractivity contribution in [1.29, 1.82) is 0 Å². The van der Waals surface area contributed by atoms with Crippen molar-refractivity contribution in [3.63, 3.8) is 0 Å². The molecule has 17 heavy (non-hydrogen) atoms. The maximum absolute atomic E-state index is 13.2. The van der Waals surface area contributed by atoms with Gasteiger partial charge in [0.2, 0.25) is 0 Å². The first kappa shape index (κ1) is 14.1. The van der Waals surface area contributed by atoms with Gasteiger partial charge >= 0.3 is 0 Å². The average Bonchev–Trinajstić information content (AvgIpc) is 2.31. The number of Topliss-reactive ketones (excluding diaryl/α,β-unsaturated/α-hetero) is 1. The number of rotatable bonds is 6. The smallest absolute Gasteiger partial charge is 0.153 e. The van der Waals surface area contributed by atoms with Crippen LogP contribution in [0.1, 0.15) is 31.7 Å². The molecule has 0 aliphatic heterocycles. The maximum atomic E-state index is 13.2. The van der Waals surface area contributed by atoms with Crippen molar-refractivity contribution in [1.82, 2.24) is 0 Å². The molecule has 1 atom stereocenters. The molecule has 0 spiro atoms. The average molecular weight is 258 g/mol. The summed E-state index contributed by atoms with van der Waals surface area (Å²) in [5.74, 6) is -0.593. The van der Waals surface area contributed by atoms with Crippen molar-refractivity contribution in [2.24, 2.45) is 5.73 Å². The van der Waals surface area contributed by atoms with Gasteiger partial charge < -0.3 is 5.73 Å². The number of hydrogen-bond acceptors (Lipinski definition) is 2. The third-order valence-electron chi connectivity index (χ3n) is 2.68. The van der Waals surface area contributed by atoms with E-state index < -0.39 is 11.9 Å². The summed E-state index contributed by atoms with van der Waals surface area (Å²) < 4.78 is 13.2. The molecule has 0 saturated heterocycles. The molecule has 1 unspecified atom stereocenters. The highest BCUT2D eigenvalue weighted by atomic mass is 35.5. The van der Waals surface area contributed by atoms with Crippen molar-refractivity contribution in [3.8, 4) is 0 Å². The van der Waals surface area contributed by atoms with Crippen LogP contribution < -0.4 is 5.73 Å². The Balaban J connectivity index is 2.64. The summed E-state index contributed by atoms with van der Waals surface area (Å²) >= 11 is 5.78. The lowest BCUT2D eigenvalue weighted by atomic mass is 10.0. The molecule has 0 aromatic heterocycles. The highest BCUT2D eigenvalue weighted by Crippen LogP contribution is 2.20. The Hall–Kier alpha value is -0.930. The van der Waals surface area contributed by atoms with Crippen LogP contribution in [0.2, 0.25) is 5.02 Å². The summed E-state index contributed by atoms with van der Waals surface area (Å²) in [6.07, 6.45) is 2.69. The summed E-state index contributed by atoms with van der Waals surface area (Å²) in [5, 5.41) is 0.0172. The first-order valence-electron chi connectivity index (χ1n) is 5.77. The van der Waals surface area contributed by atoms with E-state index in [1.165, 1.54) is 6.07 Å². The minimum atomic E-state index is -0.501. The third kappa shape index (κ3) is 4.10. The molecule has 0 aliphatic rings. The van der Waals surface area contributed by atoms with Gasteiger partial charge in [0.1, 0.15) is 5.82 Å². The van der Waals surface area contributed by atoms with Gasteiger partial charge in [0.25, 0.3) is 0 Å². The van der Waals surface area contributed by atoms with Gasteiger partial charge in [0.05, 0.1) is 11.1 Å². The largest absolute Gasteiger partial charge is 0.321 e. The normalized spacial score (nSPS) is 12.5. The van der Waals surface area contributed by atoms with Crippen LogP contribution in [0.5, 0.6) is 0 Å². The summed E-state index contributed by atoms with van der Waals surface area (Å²) in [6, 6.07) is 3.99. The molecule has 0 amide bonds. The SMILES string of the molecule is CCCCC(N)C(=O)Cc1cccc(F)c1Cl. The molecule has 0 fully saturated rings. The van der Waals surface area contributed by atoms with Gasteiger partial charge in [0.15, 0.2) is 5.78 Å². The zero-order chi connectivity index (χ0) is 12.8. The molecular weight excluding hydrogens is 241 g/mol. The van der Waals surface area contributed by atoms with E-state index in [0.717, 1.165) is 12.8 Å². The summed E-state index contributed by atoms with van der Waals surface area (Å²) in [6.45, 7) is 2.04. The number of carbonyl (C=O) groups is 1. The number of unbranched alkanes of at least 4 members (excludes halogenated alkanes) is 1. The Bertz CT molecular complexity index is 395. The Morgan fingerprint density at radius 1 is 1.53 bits per heavy atom. The zero-order valence-electron chi connectivity index (χ0n) is 9.88. The molecule has 1 aromatic carbocycles. The van der Waals surface area contributed by atoms with Crippen LogP contribution in [-0.2, 0) is 11.2 Å². The summed E-state index contributed by atoms with van der Waals surface area (Å²) in [4.78, 5) is 11.8. The topological polar surface area (TPSA) is 43.1 Å². The van der Waals surface area contributed by atoms with Crippen molar-refractivity contribution in [2.45, 2.75) is 38.6 Å². The van der Waals surface area contributed by atoms with Crippen molar-refractivity contribution >= 4 is 17.4 Å². The molecule has 0 heterocycles. The van der Waals surface area contributed by atoms with Crippen molar-refractivity contribution in [3.05, 3.63) is 34.6 Å². The van der Waals surface area contributed by atoms with Crippen LogP contribution in [0, 0.1) is 5.82 Å². The highest BCUT2D eigenvalue weighted by molar-refractivity contribution is 6.31. The van der Waals surface area contributed by atoms with Crippen LogP contribution in [-0.4, -0.2) is 11.8 Å². The molecule has 2 N–H and O–H groups in total. The molecular formula is C13H17ClFNO. The quantitative estimate of drug-likeness (QED) is 0.851. The minimum Gasteiger partial charge on any atom is -0.321 e. The fraction of sp³-hybridized carbons (Fsp3) is 0.462. The highest BCUT2D eigenvalue weighted by Gasteiger charge is 2.16. The molecule has 1 rings (SSSR count). The molecule has 1 aromatic rings. The van der Waals surface area contributed by atoms with Gasteiger partial charge in [-0.2, -0.15) is 0 Å². The zero-order valence-corrected chi connectivity index (χ0v) is 10.6. The van der Waals surface area contributed by atoms with Gasteiger partial charge in [-0.3, -0.25) is 4.79 Å². The Morgan fingerprint density at radius 2 is 2.24 bits per heavy atom. The second-order valence-electron chi connectivity index (χ2n) is 4.10. The standard InChI is InChI=1S/C13H17ClFNO/c1-2-3-7-11(16)12(17)8-9-5-4-6-10(15)13(9)14/h4-6,11H,2-3,7-8,16H2,1H3. The van der Waals surface area contributed by atoms with E-state index in [4.69, 9.17) is 17.3 Å². The second-order valence-corrected chi connectivity index (χ2v) is 4.48. The monoisotopic (exact) mass is 257 g/mol. The van der Waals surface area contributed by atoms with Crippen LogP contribution in [0.3, 0.4) is 0 Å². The number of hydrogen-bond donors (Lipinski definition) is 1. The number of benzene rings is 1. The van der Waals surface area contributed by atoms with E-state index >= 15 is 0 Å². The molecule has 0 aliphatic carbocycles. The van der Waals surface area contributed by atoms with Crippen molar-refractivity contribution in [2.75, 3.05) is 0 Å². The van der Waals surface area contributed by atoms with Crippen LogP contribution in [0.4, 0.5) is 4.39 Å². The fourth-order valence-electron chi connectivity index (χ4n) is 1.59. The lowest BCUT2D eigenvalue weighted by Crippen LogP contribution is -2.31. The van der Waals surface area contributed by atoms with Gasteiger partial charge in [-0.1, -0.05) is 43.5 Å². The molecule has 0 saturated carbocycles. The number of nitrogens with two attached hydrogens (primary N) is 1. The number of halogens is 2. The number of ketones is 1. The van der Waals surface area contributed by atoms with E-state index in [1.807, 2.05) is 6.92 Å². The molecule has 4 heteroatoms. The van der Waals surface area contributed by atoms with Crippen LogP contribution >= 0.6 is 11.6 Å². The van der Waals surface area contributed by atoms with Gasteiger partial charge in [-0.05, 0) is 18.1 Å². The van der Waals surface area contributed by atoms with E-state index in [9.17, 15) is 9.18 Å². The van der Waals surface area contributed by atoms with Crippen LogP contribution in [0.15, 0.2) is 18.2 Å². The van der Waals surface area contributed by atoms with Gasteiger partial charge in [-0.15, -0.1) is 0 Å². The lowest BCUT2D eigenvalue weighted by molar-refractivity contribution is -0.119. The second kappa shape index (κ2) is 6.72. The Kier molecular flexibility index (Phi) is 5.59. The first-order chi connectivity index (χ1) is 8.06.